The van der Waals surface area contributed by atoms with Gasteiger partial charge in [-0.15, -0.1) is 0 Å². The molecule has 1 aliphatic rings. The molecule has 0 fully saturated rings. The molecule has 1 aliphatic heterocycles. The van der Waals surface area contributed by atoms with Gasteiger partial charge in [0.05, 0.1) is 18.9 Å². The summed E-state index contributed by atoms with van der Waals surface area (Å²) in [6.07, 6.45) is 4.25. The molecule has 98 valence electrons. The number of hydrazine groups is 1. The second-order valence-corrected chi connectivity index (χ2v) is 4.37. The van der Waals surface area contributed by atoms with Gasteiger partial charge in [-0.1, -0.05) is 18.2 Å². The van der Waals surface area contributed by atoms with Crippen LogP contribution in [0.2, 0.25) is 0 Å². The van der Waals surface area contributed by atoms with Crippen molar-refractivity contribution >= 4 is 11.6 Å². The molecule has 19 heavy (non-hydrogen) atoms. The lowest BCUT2D eigenvalue weighted by molar-refractivity contribution is 0.246. The second kappa shape index (κ2) is 5.11. The minimum Gasteiger partial charge on any atom is -0.488 e. The first-order chi connectivity index (χ1) is 9.35. The van der Waals surface area contributed by atoms with Crippen molar-refractivity contribution in [3.05, 3.63) is 42.2 Å². The summed E-state index contributed by atoms with van der Waals surface area (Å²) in [7, 11) is 0. The molecule has 0 bridgehead atoms. The third-order valence-corrected chi connectivity index (χ3v) is 3.01. The lowest BCUT2D eigenvalue weighted by Crippen LogP contribution is -2.24. The number of nitrogens with zero attached hydrogens (tertiary/aromatic N) is 2. The van der Waals surface area contributed by atoms with Crippen molar-refractivity contribution in [2.24, 2.45) is 5.84 Å². The van der Waals surface area contributed by atoms with Gasteiger partial charge < -0.3 is 15.5 Å². The number of rotatable bonds is 4. The van der Waals surface area contributed by atoms with Crippen LogP contribution in [0.1, 0.15) is 5.56 Å². The van der Waals surface area contributed by atoms with Crippen molar-refractivity contribution in [2.75, 3.05) is 17.3 Å². The van der Waals surface area contributed by atoms with Gasteiger partial charge in [0.1, 0.15) is 17.7 Å². The number of ether oxygens (including phenoxy) is 1. The maximum absolute atomic E-state index is 5.83. The summed E-state index contributed by atoms with van der Waals surface area (Å²) in [6, 6.07) is 8.10. The van der Waals surface area contributed by atoms with Gasteiger partial charge in [0.2, 0.25) is 0 Å². The fourth-order valence-electron chi connectivity index (χ4n) is 2.11. The summed E-state index contributed by atoms with van der Waals surface area (Å²) in [4.78, 5) is 8.27. The molecule has 2 heterocycles. The lowest BCUT2D eigenvalue weighted by Gasteiger charge is -2.12. The zero-order valence-electron chi connectivity index (χ0n) is 10.3. The van der Waals surface area contributed by atoms with Crippen molar-refractivity contribution < 1.29 is 4.74 Å². The molecule has 0 saturated heterocycles. The van der Waals surface area contributed by atoms with E-state index in [4.69, 9.17) is 10.6 Å². The molecule has 1 unspecified atom stereocenters. The zero-order valence-corrected chi connectivity index (χ0v) is 10.3. The van der Waals surface area contributed by atoms with E-state index in [0.717, 1.165) is 12.2 Å². The van der Waals surface area contributed by atoms with E-state index in [1.54, 1.807) is 12.4 Å². The number of nitrogen functional groups attached to an aromatic ring is 1. The molecular weight excluding hydrogens is 242 g/mol. The Hall–Kier alpha value is -2.34. The number of para-hydroxylation sites is 1. The predicted octanol–water partition coefficient (Wildman–Crippen LogP) is 1.18. The quantitative estimate of drug-likeness (QED) is 0.563. The highest BCUT2D eigenvalue weighted by Crippen LogP contribution is 2.28. The molecule has 6 heteroatoms. The number of nitrogens with one attached hydrogen (secondary N) is 2. The summed E-state index contributed by atoms with van der Waals surface area (Å²) < 4.78 is 5.83. The van der Waals surface area contributed by atoms with E-state index in [0.29, 0.717) is 18.2 Å². The summed E-state index contributed by atoms with van der Waals surface area (Å²) in [5, 5.41) is 3.20. The van der Waals surface area contributed by atoms with Crippen LogP contribution in [0, 0.1) is 0 Å². The van der Waals surface area contributed by atoms with Crippen molar-refractivity contribution in [3.8, 4) is 5.75 Å². The van der Waals surface area contributed by atoms with Crippen LogP contribution >= 0.6 is 0 Å². The first kappa shape index (κ1) is 11.7. The van der Waals surface area contributed by atoms with Gasteiger partial charge in [0.15, 0.2) is 5.82 Å². The Balaban J connectivity index is 1.59. The van der Waals surface area contributed by atoms with Crippen LogP contribution in [0.3, 0.4) is 0 Å². The molecule has 0 spiro atoms. The summed E-state index contributed by atoms with van der Waals surface area (Å²) in [6.45, 7) is 0.678. The largest absolute Gasteiger partial charge is 0.488 e. The standard InChI is InChI=1S/C13H15N5O/c14-18-13-8-15-7-12(17-13)16-6-10-5-9-3-1-2-4-11(9)19-10/h1-4,7-8,10H,5-6,14H2,(H2,16,17,18). The molecule has 0 aliphatic carbocycles. The number of fused-ring (bicyclic) bond motifs is 1. The third-order valence-electron chi connectivity index (χ3n) is 3.01. The summed E-state index contributed by atoms with van der Waals surface area (Å²) >= 11 is 0. The molecule has 0 radical (unpaired) electrons. The molecule has 6 nitrogen and oxygen atoms in total. The van der Waals surface area contributed by atoms with Crippen molar-refractivity contribution in [3.63, 3.8) is 0 Å². The highest BCUT2D eigenvalue weighted by molar-refractivity contribution is 5.42. The molecule has 1 aromatic carbocycles. The number of anilines is 2. The number of benzene rings is 1. The maximum atomic E-state index is 5.83. The lowest BCUT2D eigenvalue weighted by atomic mass is 10.1. The minimum atomic E-state index is 0.119. The van der Waals surface area contributed by atoms with E-state index in [2.05, 4.69) is 26.8 Å². The SMILES string of the molecule is NNc1cncc(NCC2Cc3ccccc3O2)n1. The molecule has 0 saturated carbocycles. The Morgan fingerprint density at radius 1 is 1.26 bits per heavy atom. The van der Waals surface area contributed by atoms with E-state index in [9.17, 15) is 0 Å². The van der Waals surface area contributed by atoms with Gasteiger partial charge in [-0.05, 0) is 11.6 Å². The topological polar surface area (TPSA) is 85.1 Å². The van der Waals surface area contributed by atoms with E-state index in [-0.39, 0.29) is 6.10 Å². The second-order valence-electron chi connectivity index (χ2n) is 4.37. The first-order valence-electron chi connectivity index (χ1n) is 6.12. The van der Waals surface area contributed by atoms with Crippen LogP contribution in [0.15, 0.2) is 36.7 Å². The van der Waals surface area contributed by atoms with Crippen molar-refractivity contribution in [1.82, 2.24) is 9.97 Å². The predicted molar refractivity (Wildman–Crippen MR) is 72.9 cm³/mol. The number of nitrogens with two attached hydrogens (primary N) is 1. The summed E-state index contributed by atoms with van der Waals surface area (Å²) in [5.41, 5.74) is 3.71. The Kier molecular flexibility index (Phi) is 3.16. The van der Waals surface area contributed by atoms with Gasteiger partial charge in [-0.2, -0.15) is 0 Å². The van der Waals surface area contributed by atoms with Gasteiger partial charge in [-0.25, -0.2) is 10.8 Å². The molecule has 0 amide bonds. The Morgan fingerprint density at radius 2 is 2.11 bits per heavy atom. The molecule has 1 aromatic heterocycles. The van der Waals surface area contributed by atoms with Gasteiger partial charge in [0.25, 0.3) is 0 Å². The minimum absolute atomic E-state index is 0.119. The van der Waals surface area contributed by atoms with Crippen LogP contribution < -0.4 is 21.3 Å². The Bertz CT molecular complexity index is 549. The van der Waals surface area contributed by atoms with Gasteiger partial charge in [-0.3, -0.25) is 4.98 Å². The number of aromatic nitrogens is 2. The molecular formula is C13H15N5O. The van der Waals surface area contributed by atoms with Crippen LogP contribution in [0.5, 0.6) is 5.75 Å². The van der Waals surface area contributed by atoms with Gasteiger partial charge >= 0.3 is 0 Å². The van der Waals surface area contributed by atoms with E-state index < -0.39 is 0 Å². The maximum Gasteiger partial charge on any atom is 0.160 e. The highest BCUT2D eigenvalue weighted by Gasteiger charge is 2.21. The monoisotopic (exact) mass is 257 g/mol. The Morgan fingerprint density at radius 3 is 2.95 bits per heavy atom. The fraction of sp³-hybridized carbons (Fsp3) is 0.231. The van der Waals surface area contributed by atoms with Crippen molar-refractivity contribution in [2.45, 2.75) is 12.5 Å². The summed E-state index contributed by atoms with van der Waals surface area (Å²) in [5.74, 6) is 7.46. The van der Waals surface area contributed by atoms with E-state index >= 15 is 0 Å². The first-order valence-corrected chi connectivity index (χ1v) is 6.12. The zero-order chi connectivity index (χ0) is 13.1. The molecule has 4 N–H and O–H groups in total. The molecule has 2 aromatic rings. The highest BCUT2D eigenvalue weighted by atomic mass is 16.5. The van der Waals surface area contributed by atoms with Crippen LogP contribution in [0.4, 0.5) is 11.6 Å². The van der Waals surface area contributed by atoms with Crippen LogP contribution in [-0.4, -0.2) is 22.6 Å². The smallest absolute Gasteiger partial charge is 0.160 e. The van der Waals surface area contributed by atoms with E-state index in [1.165, 1.54) is 5.56 Å². The molecule has 3 rings (SSSR count). The molecule has 1 atom stereocenters. The van der Waals surface area contributed by atoms with Crippen LogP contribution in [-0.2, 0) is 6.42 Å². The average Bonchev–Trinajstić information content (AvgIpc) is 2.88. The average molecular weight is 257 g/mol. The van der Waals surface area contributed by atoms with Crippen LogP contribution in [0.25, 0.3) is 0 Å². The Labute approximate surface area is 111 Å². The third kappa shape index (κ3) is 2.58. The fourth-order valence-corrected chi connectivity index (χ4v) is 2.11. The number of hydrogen-bond acceptors (Lipinski definition) is 6. The number of hydrogen-bond donors (Lipinski definition) is 3. The van der Waals surface area contributed by atoms with Gasteiger partial charge in [0, 0.05) is 6.42 Å². The van der Waals surface area contributed by atoms with Crippen molar-refractivity contribution in [1.29, 1.82) is 0 Å². The van der Waals surface area contributed by atoms with E-state index in [1.807, 2.05) is 18.2 Å². The normalized spacial score (nSPS) is 16.6.